The summed E-state index contributed by atoms with van der Waals surface area (Å²) in [6.45, 7) is 16.3. The first-order chi connectivity index (χ1) is 11.3. The number of likely N-dealkylation sites (N-methyl/N-ethyl adjacent to an activating group) is 1. The van der Waals surface area contributed by atoms with Crippen LogP contribution in [0, 0.1) is 11.8 Å². The molecular weight excluding hydrogens is 302 g/mol. The fourth-order valence-corrected chi connectivity index (χ4v) is 1.99. The highest BCUT2D eigenvalue weighted by Gasteiger charge is 2.40. The van der Waals surface area contributed by atoms with Gasteiger partial charge in [0.15, 0.2) is 0 Å². The van der Waals surface area contributed by atoms with Crippen molar-refractivity contribution in [1.29, 1.82) is 0 Å². The van der Waals surface area contributed by atoms with Crippen LogP contribution in [-0.2, 0) is 9.59 Å². The first-order valence-corrected chi connectivity index (χ1v) is 9.13. The lowest BCUT2D eigenvalue weighted by atomic mass is 10.0. The van der Waals surface area contributed by atoms with Gasteiger partial charge in [-0.05, 0) is 19.3 Å². The summed E-state index contributed by atoms with van der Waals surface area (Å²) in [5.74, 6) is -0.870. The van der Waals surface area contributed by atoms with E-state index in [-0.39, 0.29) is 18.4 Å². The summed E-state index contributed by atoms with van der Waals surface area (Å²) in [6.07, 6.45) is 9.23. The van der Waals surface area contributed by atoms with Crippen molar-refractivity contribution in [1.82, 2.24) is 4.90 Å². The largest absolute Gasteiger partial charge is 0.481 e. The molecule has 142 valence electrons. The summed E-state index contributed by atoms with van der Waals surface area (Å²) in [5.41, 5.74) is 0. The summed E-state index contributed by atoms with van der Waals surface area (Å²) in [7, 11) is 1.63. The summed E-state index contributed by atoms with van der Waals surface area (Å²) >= 11 is 0. The molecule has 4 nitrogen and oxygen atoms in total. The molecule has 2 unspecified atom stereocenters. The molecule has 24 heavy (non-hydrogen) atoms. The second kappa shape index (κ2) is 17.8. The minimum atomic E-state index is -0.902. The van der Waals surface area contributed by atoms with Gasteiger partial charge in [-0.2, -0.15) is 0 Å². The number of amides is 1. The van der Waals surface area contributed by atoms with Crippen molar-refractivity contribution in [3.63, 3.8) is 0 Å². The van der Waals surface area contributed by atoms with Crippen molar-refractivity contribution in [2.75, 3.05) is 7.05 Å². The van der Waals surface area contributed by atoms with E-state index in [4.69, 9.17) is 5.11 Å². The van der Waals surface area contributed by atoms with Gasteiger partial charge in [-0.3, -0.25) is 9.59 Å². The summed E-state index contributed by atoms with van der Waals surface area (Å²) in [5, 5.41) is 8.83. The zero-order chi connectivity index (χ0) is 19.7. The Morgan fingerprint density at radius 1 is 1.29 bits per heavy atom. The average molecular weight is 342 g/mol. The van der Waals surface area contributed by atoms with Gasteiger partial charge in [0, 0.05) is 13.5 Å². The van der Waals surface area contributed by atoms with Crippen LogP contribution in [0.2, 0.25) is 0 Å². The normalized spacial score (nSPS) is 19.4. The number of carboxylic acid groups (broad SMARTS) is 1. The van der Waals surface area contributed by atoms with Crippen molar-refractivity contribution < 1.29 is 14.7 Å². The van der Waals surface area contributed by atoms with Gasteiger partial charge < -0.3 is 10.0 Å². The maximum Gasteiger partial charge on any atom is 0.309 e. The average Bonchev–Trinajstić information content (AvgIpc) is 2.86. The van der Waals surface area contributed by atoms with E-state index in [1.54, 1.807) is 19.2 Å². The van der Waals surface area contributed by atoms with Crippen LogP contribution in [0.3, 0.4) is 0 Å². The summed E-state index contributed by atoms with van der Waals surface area (Å²) < 4.78 is 0. The van der Waals surface area contributed by atoms with Crippen LogP contribution < -0.4 is 0 Å². The van der Waals surface area contributed by atoms with Crippen molar-refractivity contribution in [3.05, 3.63) is 24.3 Å². The Labute approximate surface area is 149 Å². The van der Waals surface area contributed by atoms with E-state index < -0.39 is 11.9 Å². The topological polar surface area (TPSA) is 57.6 Å². The second-order valence-corrected chi connectivity index (χ2v) is 5.25. The smallest absolute Gasteiger partial charge is 0.309 e. The Bertz CT molecular complexity index is 373. The summed E-state index contributed by atoms with van der Waals surface area (Å²) in [4.78, 5) is 23.5. The molecule has 2 atom stereocenters. The quantitative estimate of drug-likeness (QED) is 0.719. The van der Waals surface area contributed by atoms with Crippen LogP contribution in [0.15, 0.2) is 24.3 Å². The van der Waals surface area contributed by atoms with E-state index in [9.17, 15) is 9.59 Å². The minimum absolute atomic E-state index is 0.101. The van der Waals surface area contributed by atoms with E-state index >= 15 is 0 Å². The number of hydrogen-bond donors (Lipinski definition) is 1. The van der Waals surface area contributed by atoms with Crippen molar-refractivity contribution in [2.45, 2.75) is 74.3 Å². The minimum Gasteiger partial charge on any atom is -0.481 e. The third-order valence-corrected chi connectivity index (χ3v) is 3.11. The maximum absolute atomic E-state index is 11.2. The molecule has 1 aliphatic heterocycles. The van der Waals surface area contributed by atoms with E-state index in [1.807, 2.05) is 34.6 Å². The molecular formula is C20H39NO3. The number of hydrogen-bond acceptors (Lipinski definition) is 2. The van der Waals surface area contributed by atoms with Gasteiger partial charge in [-0.15, -0.1) is 0 Å². The Morgan fingerprint density at radius 2 is 1.79 bits per heavy atom. The Kier molecular flexibility index (Phi) is 20.2. The van der Waals surface area contributed by atoms with Gasteiger partial charge in [-0.1, -0.05) is 72.8 Å². The fourth-order valence-electron chi connectivity index (χ4n) is 1.99. The van der Waals surface area contributed by atoms with E-state index in [0.717, 1.165) is 12.3 Å². The first-order valence-electron chi connectivity index (χ1n) is 9.13. The molecule has 1 rings (SSSR count). The highest BCUT2D eigenvalue weighted by atomic mass is 16.4. The van der Waals surface area contributed by atoms with Crippen LogP contribution in [-0.4, -0.2) is 35.0 Å². The number of rotatable bonds is 4. The molecule has 0 spiro atoms. The van der Waals surface area contributed by atoms with Gasteiger partial charge in [0.05, 0.1) is 12.0 Å². The van der Waals surface area contributed by atoms with E-state index in [2.05, 4.69) is 32.9 Å². The molecule has 1 aliphatic rings. The molecule has 0 radical (unpaired) electrons. The second-order valence-electron chi connectivity index (χ2n) is 5.25. The van der Waals surface area contributed by atoms with Crippen molar-refractivity contribution >= 4 is 11.9 Å². The molecule has 1 amide bonds. The molecule has 1 heterocycles. The molecule has 0 bridgehead atoms. The van der Waals surface area contributed by atoms with E-state index in [1.165, 1.54) is 4.90 Å². The molecule has 0 aromatic rings. The Balaban J connectivity index is -0.000000341. The zero-order valence-corrected chi connectivity index (χ0v) is 17.2. The van der Waals surface area contributed by atoms with Gasteiger partial charge >= 0.3 is 5.97 Å². The molecule has 0 aromatic carbocycles. The van der Waals surface area contributed by atoms with E-state index in [0.29, 0.717) is 0 Å². The Morgan fingerprint density at radius 3 is 2.08 bits per heavy atom. The number of likely N-dealkylation sites (tertiary alicyclic amines) is 1. The molecule has 0 saturated carbocycles. The maximum atomic E-state index is 11.2. The zero-order valence-electron chi connectivity index (χ0n) is 17.2. The number of carbonyl (C=O) groups excluding carboxylic acids is 1. The van der Waals surface area contributed by atoms with Gasteiger partial charge in [0.2, 0.25) is 5.91 Å². The number of nitrogens with zero attached hydrogens (tertiary/aromatic N) is 1. The molecule has 1 fully saturated rings. The Hall–Kier alpha value is -1.58. The molecule has 0 aliphatic carbocycles. The molecule has 4 heteroatoms. The lowest BCUT2D eigenvalue weighted by molar-refractivity contribution is -0.142. The molecule has 1 saturated heterocycles. The standard InChI is InChI=1S/C9H13NO3.C7H14.2C2H6/c1-3-4-7-6(9(12)13)5-8(11)10(7)2;1-4-5-6-7(2)3;2*1-2/h3-4,6-7H,5H2,1-2H3,(H,12,13);5-7H,4H2,1-3H3;2*1-2H3/b4-3+;6-5-;;. The monoisotopic (exact) mass is 341 g/mol. The van der Waals surface area contributed by atoms with Crippen molar-refractivity contribution in [2.24, 2.45) is 11.8 Å². The SMILES string of the molecule is C/C=C/C1C(C(=O)O)CC(=O)N1C.CC.CC.CC/C=C\C(C)C. The fraction of sp³-hybridized carbons (Fsp3) is 0.700. The predicted octanol–water partition coefficient (Wildman–Crippen LogP) is 5.16. The number of allylic oxidation sites excluding steroid dienone is 3. The third kappa shape index (κ3) is 11.9. The number of aliphatic carboxylic acids is 1. The van der Waals surface area contributed by atoms with Crippen molar-refractivity contribution in [3.8, 4) is 0 Å². The number of carbonyl (C=O) groups is 2. The lowest BCUT2D eigenvalue weighted by Gasteiger charge is -2.18. The molecule has 1 N–H and O–H groups in total. The highest BCUT2D eigenvalue weighted by molar-refractivity contribution is 5.87. The van der Waals surface area contributed by atoms with Gasteiger partial charge in [-0.25, -0.2) is 0 Å². The third-order valence-electron chi connectivity index (χ3n) is 3.11. The highest BCUT2D eigenvalue weighted by Crippen LogP contribution is 2.25. The summed E-state index contributed by atoms with van der Waals surface area (Å²) in [6, 6.07) is -0.282. The lowest BCUT2D eigenvalue weighted by Crippen LogP contribution is -2.32. The van der Waals surface area contributed by atoms with Gasteiger partial charge in [0.1, 0.15) is 0 Å². The van der Waals surface area contributed by atoms with Crippen LogP contribution in [0.5, 0.6) is 0 Å². The van der Waals surface area contributed by atoms with Crippen LogP contribution in [0.25, 0.3) is 0 Å². The van der Waals surface area contributed by atoms with Crippen LogP contribution >= 0.6 is 0 Å². The number of carboxylic acids is 1. The predicted molar refractivity (Wildman–Crippen MR) is 104 cm³/mol. The molecule has 0 aromatic heterocycles. The van der Waals surface area contributed by atoms with Gasteiger partial charge in [0.25, 0.3) is 0 Å². The first kappa shape index (κ1) is 27.3. The van der Waals surface area contributed by atoms with Crippen LogP contribution in [0.1, 0.15) is 68.2 Å². The van der Waals surface area contributed by atoms with Crippen LogP contribution in [0.4, 0.5) is 0 Å².